The molecule has 0 fully saturated rings. The first-order valence-corrected chi connectivity index (χ1v) is 14.0. The molecular formula is C26H50N4O11. The molecule has 4 N–H and O–H groups in total. The predicted molar refractivity (Wildman–Crippen MR) is 148 cm³/mol. The van der Waals surface area contributed by atoms with E-state index in [-0.39, 0.29) is 49.7 Å². The molecule has 15 nitrogen and oxygen atoms in total. The number of carbonyl (C=O) groups excluding carboxylic acids is 4. The highest BCUT2D eigenvalue weighted by atomic mass is 16.6. The van der Waals surface area contributed by atoms with Crippen LogP contribution in [0.2, 0.25) is 0 Å². The minimum absolute atomic E-state index is 0.0546. The number of nitrogens with one attached hydrogen (secondary N) is 4. The molecular weight excluding hydrogens is 544 g/mol. The van der Waals surface area contributed by atoms with Crippen LogP contribution in [0.15, 0.2) is 0 Å². The molecule has 0 aliphatic rings. The molecule has 0 bridgehead atoms. The average molecular weight is 595 g/mol. The second kappa shape index (κ2) is 30.6. The van der Waals surface area contributed by atoms with E-state index in [1.165, 1.54) is 0 Å². The maximum atomic E-state index is 11.8. The molecule has 0 rings (SSSR count). The van der Waals surface area contributed by atoms with Crippen LogP contribution < -0.4 is 21.3 Å². The van der Waals surface area contributed by atoms with Gasteiger partial charge in [-0.15, -0.1) is 0 Å². The summed E-state index contributed by atoms with van der Waals surface area (Å²) in [6.45, 7) is 5.94. The Kier molecular flexibility index (Phi) is 28.8. The van der Waals surface area contributed by atoms with Crippen LogP contribution in [0.25, 0.3) is 0 Å². The molecule has 0 atom stereocenters. The fourth-order valence-corrected chi connectivity index (χ4v) is 2.80. The Morgan fingerprint density at radius 2 is 0.610 bits per heavy atom. The van der Waals surface area contributed by atoms with Gasteiger partial charge in [0.2, 0.25) is 23.6 Å². The molecule has 240 valence electrons. The monoisotopic (exact) mass is 594 g/mol. The zero-order valence-corrected chi connectivity index (χ0v) is 24.6. The lowest BCUT2D eigenvalue weighted by molar-refractivity contribution is -0.124. The van der Waals surface area contributed by atoms with Crippen LogP contribution in [0, 0.1) is 0 Å². The van der Waals surface area contributed by atoms with Crippen molar-refractivity contribution in [2.75, 3.05) is 120 Å². The van der Waals surface area contributed by atoms with Gasteiger partial charge in [-0.3, -0.25) is 19.2 Å². The third-order valence-corrected chi connectivity index (χ3v) is 5.08. The lowest BCUT2D eigenvalue weighted by Crippen LogP contribution is -2.30. The third-order valence-electron chi connectivity index (χ3n) is 5.08. The number of hydrogen-bond acceptors (Lipinski definition) is 11. The molecule has 15 heteroatoms. The van der Waals surface area contributed by atoms with Crippen molar-refractivity contribution in [3.8, 4) is 0 Å². The van der Waals surface area contributed by atoms with Crippen LogP contribution in [-0.2, 0) is 52.3 Å². The van der Waals surface area contributed by atoms with Crippen LogP contribution in [0.5, 0.6) is 0 Å². The Labute approximate surface area is 243 Å². The number of hydrogen-bond donors (Lipinski definition) is 4. The van der Waals surface area contributed by atoms with Crippen molar-refractivity contribution in [1.29, 1.82) is 0 Å². The quantitative estimate of drug-likeness (QED) is 0.0703. The summed E-state index contributed by atoms with van der Waals surface area (Å²) in [6, 6.07) is 0. The van der Waals surface area contributed by atoms with Gasteiger partial charge in [0.25, 0.3) is 0 Å². The summed E-state index contributed by atoms with van der Waals surface area (Å²) in [6.07, 6.45) is 1.08. The van der Waals surface area contributed by atoms with Crippen LogP contribution >= 0.6 is 0 Å². The van der Waals surface area contributed by atoms with Gasteiger partial charge in [0.1, 0.15) is 0 Å². The zero-order chi connectivity index (χ0) is 30.2. The maximum Gasteiger partial charge on any atom is 0.222 e. The van der Waals surface area contributed by atoms with E-state index < -0.39 is 0 Å². The van der Waals surface area contributed by atoms with Crippen LogP contribution in [0.1, 0.15) is 25.7 Å². The van der Waals surface area contributed by atoms with Crippen molar-refractivity contribution in [3.05, 3.63) is 0 Å². The van der Waals surface area contributed by atoms with Crippen LogP contribution in [0.4, 0.5) is 0 Å². The summed E-state index contributed by atoms with van der Waals surface area (Å²) in [5.41, 5.74) is 0. The van der Waals surface area contributed by atoms with E-state index in [1.54, 1.807) is 14.1 Å². The molecule has 0 heterocycles. The topological polar surface area (TPSA) is 181 Å². The lowest BCUT2D eigenvalue weighted by Gasteiger charge is -2.09. The highest BCUT2D eigenvalue weighted by molar-refractivity contribution is 5.76. The molecule has 0 saturated carbocycles. The largest absolute Gasteiger partial charge is 0.379 e. The van der Waals surface area contributed by atoms with Gasteiger partial charge in [0.15, 0.2) is 0 Å². The highest BCUT2D eigenvalue weighted by Gasteiger charge is 2.03. The van der Waals surface area contributed by atoms with E-state index in [2.05, 4.69) is 21.3 Å². The van der Waals surface area contributed by atoms with Gasteiger partial charge >= 0.3 is 0 Å². The number of ether oxygens (including phenoxy) is 7. The molecule has 0 unspecified atom stereocenters. The first kappa shape index (κ1) is 38.6. The zero-order valence-electron chi connectivity index (χ0n) is 24.6. The summed E-state index contributed by atoms with van der Waals surface area (Å²) in [7, 11) is 3.16. The normalized spacial score (nSPS) is 10.8. The Morgan fingerprint density at radius 1 is 0.366 bits per heavy atom. The molecule has 4 amide bonds. The first-order chi connectivity index (χ1) is 20.0. The van der Waals surface area contributed by atoms with E-state index >= 15 is 0 Å². The Bertz CT molecular complexity index is 671. The Morgan fingerprint density at radius 3 is 0.927 bits per heavy atom. The van der Waals surface area contributed by atoms with Gasteiger partial charge in [-0.1, -0.05) is 0 Å². The van der Waals surface area contributed by atoms with Gasteiger partial charge in [-0.05, 0) is 0 Å². The van der Waals surface area contributed by atoms with Gasteiger partial charge in [-0.2, -0.15) is 0 Å². The lowest BCUT2D eigenvalue weighted by atomic mass is 10.4. The highest BCUT2D eigenvalue weighted by Crippen LogP contribution is 1.89. The average Bonchev–Trinajstić information content (AvgIpc) is 2.97. The van der Waals surface area contributed by atoms with Crippen LogP contribution in [-0.4, -0.2) is 143 Å². The van der Waals surface area contributed by atoms with Crippen molar-refractivity contribution in [2.45, 2.75) is 25.7 Å². The van der Waals surface area contributed by atoms with Crippen molar-refractivity contribution in [2.24, 2.45) is 0 Å². The molecule has 0 spiro atoms. The van der Waals surface area contributed by atoms with E-state index in [4.69, 9.17) is 33.2 Å². The molecule has 0 aliphatic heterocycles. The fraction of sp³-hybridized carbons (Fsp3) is 0.846. The van der Waals surface area contributed by atoms with Crippen molar-refractivity contribution < 1.29 is 52.3 Å². The van der Waals surface area contributed by atoms with E-state index in [9.17, 15) is 19.2 Å². The summed E-state index contributed by atoms with van der Waals surface area (Å²) in [4.78, 5) is 45.6. The van der Waals surface area contributed by atoms with E-state index in [0.29, 0.717) is 105 Å². The van der Waals surface area contributed by atoms with Gasteiger partial charge in [0.05, 0.1) is 92.5 Å². The molecule has 0 aliphatic carbocycles. The second-order valence-corrected chi connectivity index (χ2v) is 8.33. The fourth-order valence-electron chi connectivity index (χ4n) is 2.80. The number of rotatable bonds is 30. The number of carbonyl (C=O) groups is 4. The first-order valence-electron chi connectivity index (χ1n) is 14.0. The Hall–Kier alpha value is -2.40. The minimum atomic E-state index is -0.150. The van der Waals surface area contributed by atoms with Gasteiger partial charge < -0.3 is 54.4 Å². The van der Waals surface area contributed by atoms with Crippen molar-refractivity contribution in [1.82, 2.24) is 21.3 Å². The van der Waals surface area contributed by atoms with Gasteiger partial charge in [0, 0.05) is 52.9 Å². The van der Waals surface area contributed by atoms with Crippen molar-refractivity contribution >= 4 is 23.6 Å². The van der Waals surface area contributed by atoms with Crippen molar-refractivity contribution in [3.63, 3.8) is 0 Å². The second-order valence-electron chi connectivity index (χ2n) is 8.33. The van der Waals surface area contributed by atoms with E-state index in [0.717, 1.165) is 0 Å². The molecule has 41 heavy (non-hydrogen) atoms. The van der Waals surface area contributed by atoms with Gasteiger partial charge in [-0.25, -0.2) is 0 Å². The summed E-state index contributed by atoms with van der Waals surface area (Å²) >= 11 is 0. The molecule has 0 radical (unpaired) electrons. The summed E-state index contributed by atoms with van der Waals surface area (Å²) in [5, 5.41) is 10.5. The summed E-state index contributed by atoms with van der Waals surface area (Å²) < 4.78 is 37.3. The molecule has 0 aromatic rings. The SMILES string of the molecule is CNC(=O)CCOCCOCCOCCOCCNC(=O)CCOCCNC(=O)CCOCCOCCC(=O)NC. The predicted octanol–water partition coefficient (Wildman–Crippen LogP) is -1.61. The molecule has 0 aromatic heterocycles. The van der Waals surface area contributed by atoms with E-state index in [1.807, 2.05) is 0 Å². The minimum Gasteiger partial charge on any atom is -0.379 e. The standard InChI is InChI=1S/C26H50N4O11/c1-27-23(31)3-9-36-15-16-38-12-6-26(34)29-7-13-35-11-5-25(33)30-8-14-39-18-20-41-22-21-40-19-17-37-10-4-24(32)28-2/h3-22H2,1-2H3,(H,27,31)(H,28,32)(H,29,34)(H,30,33). The third kappa shape index (κ3) is 30.4. The maximum absolute atomic E-state index is 11.8. The molecule has 0 aromatic carbocycles. The smallest absolute Gasteiger partial charge is 0.222 e. The van der Waals surface area contributed by atoms with Crippen LogP contribution in [0.3, 0.4) is 0 Å². The number of amides is 4. The molecule has 0 saturated heterocycles. The Balaban J connectivity index is 3.29. The summed E-state index contributed by atoms with van der Waals surface area (Å²) in [5.74, 6) is -0.423.